The van der Waals surface area contributed by atoms with Crippen molar-refractivity contribution in [2.24, 2.45) is 0 Å². The molecule has 1 heterocycles. The van der Waals surface area contributed by atoms with Gasteiger partial charge in [0.1, 0.15) is 0 Å². The molecule has 0 unspecified atom stereocenters. The first-order valence-corrected chi connectivity index (χ1v) is 11.1. The Morgan fingerprint density at radius 3 is 1.81 bits per heavy atom. The second-order valence-corrected chi connectivity index (χ2v) is 7.92. The SMILES string of the molecule is CCOC(=O)C1=CN(C)C(C)=C(C(=O)OCC)C1(c1cccc([N+](=O)[O-])c1)c1cccc([N+](=O)[O-])c1. The molecule has 0 atom stereocenters. The van der Waals surface area contributed by atoms with Crippen LogP contribution in [0.1, 0.15) is 31.9 Å². The van der Waals surface area contributed by atoms with E-state index >= 15 is 0 Å². The summed E-state index contributed by atoms with van der Waals surface area (Å²) in [5.41, 5.74) is -1.73. The van der Waals surface area contributed by atoms with Gasteiger partial charge in [-0.3, -0.25) is 20.2 Å². The van der Waals surface area contributed by atoms with E-state index in [1.165, 1.54) is 54.7 Å². The maximum Gasteiger partial charge on any atom is 0.337 e. The van der Waals surface area contributed by atoms with Crippen molar-refractivity contribution in [2.45, 2.75) is 26.2 Å². The van der Waals surface area contributed by atoms with Gasteiger partial charge in [-0.15, -0.1) is 0 Å². The highest BCUT2D eigenvalue weighted by Crippen LogP contribution is 2.51. The number of allylic oxidation sites excluding steroid dienone is 1. The number of nitro groups is 2. The molecule has 0 fully saturated rings. The van der Waals surface area contributed by atoms with Crippen LogP contribution in [0.5, 0.6) is 0 Å². The van der Waals surface area contributed by atoms with Crippen LogP contribution in [0.4, 0.5) is 11.4 Å². The molecule has 0 saturated carbocycles. The molecule has 0 bridgehead atoms. The highest BCUT2D eigenvalue weighted by molar-refractivity contribution is 6.03. The van der Waals surface area contributed by atoms with Gasteiger partial charge in [-0.25, -0.2) is 9.59 Å². The molecule has 1 aliphatic rings. The van der Waals surface area contributed by atoms with Crippen LogP contribution in [-0.4, -0.2) is 46.9 Å². The predicted octanol–water partition coefficient (Wildman–Crippen LogP) is 4.02. The maximum absolute atomic E-state index is 13.5. The van der Waals surface area contributed by atoms with Gasteiger partial charge in [0.15, 0.2) is 0 Å². The number of ether oxygens (including phenoxy) is 2. The standard InChI is InChI=1S/C25H25N3O8/c1-5-35-23(29)21-15-26(4)16(3)22(24(30)36-6-2)25(21,17-9-7-11-19(13-17)27(31)32)18-10-8-12-20(14-18)28(33)34/h7-15H,5-6H2,1-4H3. The number of nitro benzene ring substituents is 2. The lowest BCUT2D eigenvalue weighted by atomic mass is 9.62. The van der Waals surface area contributed by atoms with E-state index in [4.69, 9.17) is 9.47 Å². The Bertz CT molecular complexity index is 1240. The van der Waals surface area contributed by atoms with Crippen molar-refractivity contribution < 1.29 is 28.9 Å². The van der Waals surface area contributed by atoms with E-state index in [2.05, 4.69) is 0 Å². The van der Waals surface area contributed by atoms with Gasteiger partial charge < -0.3 is 14.4 Å². The first-order chi connectivity index (χ1) is 17.1. The lowest BCUT2D eigenvalue weighted by Crippen LogP contribution is -2.45. The maximum atomic E-state index is 13.5. The van der Waals surface area contributed by atoms with Gasteiger partial charge in [0, 0.05) is 43.2 Å². The van der Waals surface area contributed by atoms with Crippen LogP contribution in [0, 0.1) is 20.2 Å². The van der Waals surface area contributed by atoms with Gasteiger partial charge in [0.25, 0.3) is 11.4 Å². The minimum Gasteiger partial charge on any atom is -0.463 e. The highest BCUT2D eigenvalue weighted by Gasteiger charge is 2.53. The second-order valence-electron chi connectivity index (χ2n) is 7.92. The summed E-state index contributed by atoms with van der Waals surface area (Å²) in [5.74, 6) is -1.58. The molecule has 2 aromatic rings. The number of carbonyl (C=O) groups excluding carboxylic acids is 2. The number of nitrogens with zero attached hydrogens (tertiary/aromatic N) is 3. The van der Waals surface area contributed by atoms with E-state index in [0.29, 0.717) is 5.70 Å². The molecule has 3 rings (SSSR count). The molecule has 2 aromatic carbocycles. The predicted molar refractivity (Wildman–Crippen MR) is 129 cm³/mol. The fraction of sp³-hybridized carbons (Fsp3) is 0.280. The number of carbonyl (C=O) groups is 2. The van der Waals surface area contributed by atoms with Gasteiger partial charge in [0.2, 0.25) is 0 Å². The molecule has 0 aromatic heterocycles. The Balaban J connectivity index is 2.58. The van der Waals surface area contributed by atoms with E-state index in [1.807, 2.05) is 0 Å². The van der Waals surface area contributed by atoms with Crippen LogP contribution in [0.15, 0.2) is 71.6 Å². The lowest BCUT2D eigenvalue weighted by molar-refractivity contribution is -0.385. The highest BCUT2D eigenvalue weighted by atomic mass is 16.6. The number of hydrogen-bond donors (Lipinski definition) is 0. The minimum absolute atomic E-state index is 0.0112. The van der Waals surface area contributed by atoms with Gasteiger partial charge in [-0.05, 0) is 31.9 Å². The summed E-state index contributed by atoms with van der Waals surface area (Å²) < 4.78 is 10.7. The largest absolute Gasteiger partial charge is 0.463 e. The Morgan fingerprint density at radius 2 is 1.36 bits per heavy atom. The van der Waals surface area contributed by atoms with E-state index in [1.54, 1.807) is 32.7 Å². The Labute approximate surface area is 206 Å². The molecule has 11 nitrogen and oxygen atoms in total. The number of rotatable bonds is 8. The van der Waals surface area contributed by atoms with Gasteiger partial charge in [-0.2, -0.15) is 0 Å². The third-order valence-electron chi connectivity index (χ3n) is 5.95. The Morgan fingerprint density at radius 1 is 0.889 bits per heavy atom. The van der Waals surface area contributed by atoms with Gasteiger partial charge in [0.05, 0.1) is 39.6 Å². The molecule has 0 N–H and O–H groups in total. The number of non-ortho nitro benzene ring substituents is 2. The summed E-state index contributed by atoms with van der Waals surface area (Å²) in [7, 11) is 1.62. The summed E-state index contributed by atoms with van der Waals surface area (Å²) in [5, 5.41) is 23.3. The van der Waals surface area contributed by atoms with E-state index in [9.17, 15) is 29.8 Å². The number of benzene rings is 2. The minimum atomic E-state index is -1.81. The molecule has 0 spiro atoms. The van der Waals surface area contributed by atoms with Crippen molar-refractivity contribution in [1.82, 2.24) is 4.90 Å². The number of esters is 2. The van der Waals surface area contributed by atoms with Crippen molar-refractivity contribution >= 4 is 23.3 Å². The molecule has 36 heavy (non-hydrogen) atoms. The normalized spacial score (nSPS) is 14.7. The van der Waals surface area contributed by atoms with E-state index in [0.717, 1.165) is 0 Å². The topological polar surface area (TPSA) is 142 Å². The molecule has 11 heteroatoms. The van der Waals surface area contributed by atoms with Crippen molar-refractivity contribution in [1.29, 1.82) is 0 Å². The quantitative estimate of drug-likeness (QED) is 0.301. The molecular weight excluding hydrogens is 470 g/mol. The number of hydrogen-bond acceptors (Lipinski definition) is 9. The van der Waals surface area contributed by atoms with E-state index < -0.39 is 27.2 Å². The van der Waals surface area contributed by atoms with Crippen LogP contribution < -0.4 is 0 Å². The summed E-state index contributed by atoms with van der Waals surface area (Å²) in [6, 6.07) is 10.9. The average Bonchev–Trinajstić information content (AvgIpc) is 2.85. The average molecular weight is 495 g/mol. The Hall–Kier alpha value is -4.54. The molecule has 0 radical (unpaired) electrons. The smallest absolute Gasteiger partial charge is 0.337 e. The summed E-state index contributed by atoms with van der Waals surface area (Å²) >= 11 is 0. The molecule has 1 aliphatic heterocycles. The molecule has 0 saturated heterocycles. The second kappa shape index (κ2) is 10.4. The van der Waals surface area contributed by atoms with Crippen LogP contribution in [-0.2, 0) is 24.5 Å². The van der Waals surface area contributed by atoms with Crippen LogP contribution in [0.3, 0.4) is 0 Å². The van der Waals surface area contributed by atoms with Crippen molar-refractivity contribution in [3.8, 4) is 0 Å². The third kappa shape index (κ3) is 4.42. The first-order valence-electron chi connectivity index (χ1n) is 11.1. The van der Waals surface area contributed by atoms with Crippen molar-refractivity contribution in [3.05, 3.63) is 103 Å². The van der Waals surface area contributed by atoms with Crippen molar-refractivity contribution in [2.75, 3.05) is 20.3 Å². The summed E-state index contributed by atoms with van der Waals surface area (Å²) in [4.78, 5) is 50.6. The summed E-state index contributed by atoms with van der Waals surface area (Å²) in [6.07, 6.45) is 1.47. The van der Waals surface area contributed by atoms with Gasteiger partial charge in [-0.1, -0.05) is 24.3 Å². The monoisotopic (exact) mass is 495 g/mol. The van der Waals surface area contributed by atoms with Gasteiger partial charge >= 0.3 is 11.9 Å². The molecular formula is C25H25N3O8. The fourth-order valence-electron chi connectivity index (χ4n) is 4.36. The van der Waals surface area contributed by atoms with Crippen LogP contribution in [0.25, 0.3) is 0 Å². The van der Waals surface area contributed by atoms with Crippen molar-refractivity contribution in [3.63, 3.8) is 0 Å². The molecule has 188 valence electrons. The van der Waals surface area contributed by atoms with Crippen LogP contribution >= 0.6 is 0 Å². The van der Waals surface area contributed by atoms with Crippen LogP contribution in [0.2, 0.25) is 0 Å². The molecule has 0 aliphatic carbocycles. The zero-order valence-electron chi connectivity index (χ0n) is 20.2. The Kier molecular flexibility index (Phi) is 7.52. The summed E-state index contributed by atoms with van der Waals surface area (Å²) in [6.45, 7) is 4.88. The zero-order valence-corrected chi connectivity index (χ0v) is 20.2. The molecule has 0 amide bonds. The first kappa shape index (κ1) is 26.1. The van der Waals surface area contributed by atoms with E-state index in [-0.39, 0.29) is 46.9 Å². The zero-order chi connectivity index (χ0) is 26.6. The third-order valence-corrected chi connectivity index (χ3v) is 5.95. The fourth-order valence-corrected chi connectivity index (χ4v) is 4.36. The lowest BCUT2D eigenvalue weighted by Gasteiger charge is -2.42.